The number of carbonyl (C=O) groups excluding carboxylic acids is 1. The van der Waals surface area contributed by atoms with Gasteiger partial charge in [-0.3, -0.25) is 4.79 Å². The number of nitrogens with one attached hydrogen (secondary N) is 1. The first kappa shape index (κ1) is 20.6. The number of para-hydroxylation sites is 1. The normalized spacial score (nSPS) is 30.9. The van der Waals surface area contributed by atoms with E-state index in [1.165, 1.54) is 0 Å². The molecule has 4 aliphatic rings. The van der Waals surface area contributed by atoms with Crippen molar-refractivity contribution in [1.29, 1.82) is 0 Å². The van der Waals surface area contributed by atoms with Crippen LogP contribution in [0.4, 0.5) is 0 Å². The fourth-order valence-corrected chi connectivity index (χ4v) is 5.25. The van der Waals surface area contributed by atoms with E-state index >= 15 is 0 Å². The lowest BCUT2D eigenvalue weighted by molar-refractivity contribution is -0.142. The van der Waals surface area contributed by atoms with Crippen LogP contribution in [0.2, 0.25) is 0 Å². The first-order chi connectivity index (χ1) is 13.9. The van der Waals surface area contributed by atoms with Gasteiger partial charge in [-0.05, 0) is 31.7 Å². The molecule has 1 N–H and O–H groups in total. The number of fused-ring (bicyclic) bond motifs is 5. The minimum Gasteiger partial charge on any atom is -0.483 e. The largest absolute Gasteiger partial charge is 0.483 e. The molecule has 0 unspecified atom stereocenters. The van der Waals surface area contributed by atoms with Crippen molar-refractivity contribution >= 4 is 15.9 Å². The quantitative estimate of drug-likeness (QED) is 0.767. The fraction of sp³-hybridized carbons (Fsp3) is 0.650. The lowest BCUT2D eigenvalue weighted by Gasteiger charge is -2.41. The van der Waals surface area contributed by atoms with Gasteiger partial charge in [0, 0.05) is 18.2 Å². The van der Waals surface area contributed by atoms with E-state index in [2.05, 4.69) is 4.72 Å². The molecule has 4 heterocycles. The third-order valence-electron chi connectivity index (χ3n) is 5.82. The van der Waals surface area contributed by atoms with Gasteiger partial charge in [0.2, 0.25) is 10.0 Å². The second-order valence-corrected chi connectivity index (χ2v) is 9.75. The summed E-state index contributed by atoms with van der Waals surface area (Å²) in [5.74, 6) is 0.491. The van der Waals surface area contributed by atoms with E-state index < -0.39 is 10.0 Å². The Labute approximate surface area is 171 Å². The standard InChI is InChI=1S/C20H28N2O6S/c1-29(24,25)21-16-6-4-10-22-17(16)12-26-14-8-9-19(27-11-14)15-5-2-3-7-18(15)28-13-20(22)23/h2-3,5,7,14,16-17,19,21H,4,6,8-13H2,1H3/t14-,16-,17-,19-/m0/s1. The first-order valence-corrected chi connectivity index (χ1v) is 12.0. The molecule has 0 aliphatic carbocycles. The lowest BCUT2D eigenvalue weighted by atomic mass is 9.97. The third-order valence-corrected chi connectivity index (χ3v) is 6.55. The Morgan fingerprint density at radius 1 is 1.10 bits per heavy atom. The fourth-order valence-electron chi connectivity index (χ4n) is 4.42. The summed E-state index contributed by atoms with van der Waals surface area (Å²) in [5, 5.41) is 0. The Morgan fingerprint density at radius 3 is 2.69 bits per heavy atom. The van der Waals surface area contributed by atoms with Crippen LogP contribution in [0.15, 0.2) is 24.3 Å². The summed E-state index contributed by atoms with van der Waals surface area (Å²) in [5.41, 5.74) is 0.949. The summed E-state index contributed by atoms with van der Waals surface area (Å²) in [6.07, 6.45) is 4.02. The molecule has 1 aromatic rings. The highest BCUT2D eigenvalue weighted by atomic mass is 32.2. The number of amides is 1. The predicted octanol–water partition coefficient (Wildman–Crippen LogP) is 1.22. The Bertz CT molecular complexity index is 837. The second kappa shape index (κ2) is 8.59. The van der Waals surface area contributed by atoms with Crippen LogP contribution in [0, 0.1) is 0 Å². The van der Waals surface area contributed by atoms with Crippen molar-refractivity contribution in [2.75, 3.05) is 32.6 Å². The van der Waals surface area contributed by atoms with Crippen molar-refractivity contribution in [3.63, 3.8) is 0 Å². The van der Waals surface area contributed by atoms with Gasteiger partial charge in [-0.1, -0.05) is 18.2 Å². The molecule has 2 saturated heterocycles. The zero-order valence-electron chi connectivity index (χ0n) is 16.6. The molecule has 1 amide bonds. The number of hydrogen-bond donors (Lipinski definition) is 1. The van der Waals surface area contributed by atoms with E-state index in [0.717, 1.165) is 31.1 Å². The molecule has 4 atom stereocenters. The summed E-state index contributed by atoms with van der Waals surface area (Å²) >= 11 is 0. The van der Waals surface area contributed by atoms with E-state index in [0.29, 0.717) is 25.3 Å². The third kappa shape index (κ3) is 4.91. The van der Waals surface area contributed by atoms with Gasteiger partial charge in [0.1, 0.15) is 5.75 Å². The van der Waals surface area contributed by atoms with Gasteiger partial charge < -0.3 is 19.1 Å². The molecule has 5 rings (SSSR count). The molecule has 8 nitrogen and oxygen atoms in total. The SMILES string of the molecule is CS(=O)(=O)N[C@H]1CCCN2C(=O)COc3ccccc3[C@@H]3CC[C@@H](CO3)OC[C@@H]12. The first-order valence-electron chi connectivity index (χ1n) is 10.1. The molecule has 9 heteroatoms. The highest BCUT2D eigenvalue weighted by Crippen LogP contribution is 2.35. The molecule has 0 spiro atoms. The summed E-state index contributed by atoms with van der Waals surface area (Å²) in [7, 11) is -3.40. The van der Waals surface area contributed by atoms with Gasteiger partial charge in [-0.2, -0.15) is 0 Å². The van der Waals surface area contributed by atoms with E-state index in [9.17, 15) is 13.2 Å². The van der Waals surface area contributed by atoms with E-state index in [-0.39, 0.29) is 43.4 Å². The van der Waals surface area contributed by atoms with Crippen LogP contribution < -0.4 is 9.46 Å². The molecule has 0 radical (unpaired) electrons. The van der Waals surface area contributed by atoms with Crippen LogP contribution in [0.3, 0.4) is 0 Å². The van der Waals surface area contributed by atoms with Gasteiger partial charge in [0.15, 0.2) is 6.61 Å². The number of piperidine rings is 1. The summed E-state index contributed by atoms with van der Waals surface area (Å²) in [6.45, 7) is 1.19. The molecule has 0 saturated carbocycles. The number of rotatable bonds is 2. The average molecular weight is 425 g/mol. The Hall–Kier alpha value is -1.68. The van der Waals surface area contributed by atoms with Crippen molar-refractivity contribution in [2.45, 2.75) is 50.0 Å². The van der Waals surface area contributed by atoms with Crippen LogP contribution in [-0.2, 0) is 24.3 Å². The van der Waals surface area contributed by atoms with Gasteiger partial charge in [-0.15, -0.1) is 0 Å². The number of benzene rings is 1. The molecule has 2 bridgehead atoms. The Balaban J connectivity index is 1.61. The summed E-state index contributed by atoms with van der Waals surface area (Å²) in [4.78, 5) is 14.7. The van der Waals surface area contributed by atoms with Gasteiger partial charge in [0.25, 0.3) is 5.91 Å². The van der Waals surface area contributed by atoms with Crippen LogP contribution in [0.1, 0.15) is 37.4 Å². The van der Waals surface area contributed by atoms with E-state index in [4.69, 9.17) is 14.2 Å². The van der Waals surface area contributed by atoms with Crippen molar-refractivity contribution in [1.82, 2.24) is 9.62 Å². The molecule has 0 aromatic heterocycles. The maximum absolute atomic E-state index is 13.0. The summed E-state index contributed by atoms with van der Waals surface area (Å²) in [6, 6.07) is 6.90. The van der Waals surface area contributed by atoms with Crippen molar-refractivity contribution in [3.8, 4) is 5.75 Å². The highest BCUT2D eigenvalue weighted by Gasteiger charge is 2.37. The summed E-state index contributed by atoms with van der Waals surface area (Å²) < 4.78 is 44.4. The monoisotopic (exact) mass is 424 g/mol. The molecule has 29 heavy (non-hydrogen) atoms. The Morgan fingerprint density at radius 2 is 1.93 bits per heavy atom. The maximum Gasteiger partial charge on any atom is 0.260 e. The Kier molecular flexibility index (Phi) is 6.10. The molecule has 2 fully saturated rings. The maximum atomic E-state index is 13.0. The van der Waals surface area contributed by atoms with E-state index in [1.54, 1.807) is 4.90 Å². The van der Waals surface area contributed by atoms with Crippen molar-refractivity contribution in [2.24, 2.45) is 0 Å². The number of sulfonamides is 1. The van der Waals surface area contributed by atoms with Crippen LogP contribution in [0.25, 0.3) is 0 Å². The van der Waals surface area contributed by atoms with Crippen molar-refractivity contribution < 1.29 is 27.4 Å². The smallest absolute Gasteiger partial charge is 0.260 e. The van der Waals surface area contributed by atoms with Crippen molar-refractivity contribution in [3.05, 3.63) is 29.8 Å². The number of ether oxygens (including phenoxy) is 3. The van der Waals surface area contributed by atoms with Gasteiger partial charge >= 0.3 is 0 Å². The zero-order valence-corrected chi connectivity index (χ0v) is 17.4. The lowest BCUT2D eigenvalue weighted by Crippen LogP contribution is -2.59. The number of nitrogens with zero attached hydrogens (tertiary/aromatic N) is 1. The van der Waals surface area contributed by atoms with Crippen LogP contribution in [0.5, 0.6) is 5.75 Å². The van der Waals surface area contributed by atoms with Crippen LogP contribution >= 0.6 is 0 Å². The van der Waals surface area contributed by atoms with Gasteiger partial charge in [-0.25, -0.2) is 13.1 Å². The second-order valence-electron chi connectivity index (χ2n) is 7.97. The molecule has 160 valence electrons. The van der Waals surface area contributed by atoms with E-state index in [1.807, 2.05) is 24.3 Å². The number of hydrogen-bond acceptors (Lipinski definition) is 6. The topological polar surface area (TPSA) is 94.2 Å². The molecule has 4 aliphatic heterocycles. The minimum absolute atomic E-state index is 0.0714. The highest BCUT2D eigenvalue weighted by molar-refractivity contribution is 7.88. The van der Waals surface area contributed by atoms with Crippen LogP contribution in [-0.4, -0.2) is 70.0 Å². The minimum atomic E-state index is -3.40. The zero-order chi connectivity index (χ0) is 20.4. The molecular formula is C20H28N2O6S. The average Bonchev–Trinajstić information content (AvgIpc) is 2.71. The number of carbonyl (C=O) groups is 1. The predicted molar refractivity (Wildman–Crippen MR) is 106 cm³/mol. The molecular weight excluding hydrogens is 396 g/mol. The molecule has 1 aromatic carbocycles. The van der Waals surface area contributed by atoms with Gasteiger partial charge in [0.05, 0.1) is 37.7 Å².